The minimum Gasteiger partial charge on any atom is -0.314 e. The Hall–Kier alpha value is -0.480. The SMILES string of the molecule is CSCCn1nc(C)c(CCNC2CC2)c1C. The molecule has 0 spiro atoms. The zero-order valence-corrected chi connectivity index (χ0v) is 11.9. The molecule has 0 aromatic carbocycles. The van der Waals surface area contributed by atoms with Gasteiger partial charge in [0.1, 0.15) is 0 Å². The summed E-state index contributed by atoms with van der Waals surface area (Å²) in [6, 6.07) is 0.808. The Kier molecular flexibility index (Phi) is 4.51. The molecule has 0 radical (unpaired) electrons. The van der Waals surface area contributed by atoms with E-state index in [9.17, 15) is 0 Å². The van der Waals surface area contributed by atoms with Gasteiger partial charge in [0, 0.05) is 17.5 Å². The van der Waals surface area contributed by atoms with Gasteiger partial charge in [0.05, 0.1) is 12.2 Å². The van der Waals surface area contributed by atoms with Crippen LogP contribution in [-0.4, -0.2) is 34.4 Å². The van der Waals surface area contributed by atoms with Crippen molar-refractivity contribution < 1.29 is 0 Å². The molecule has 1 saturated carbocycles. The molecule has 1 aromatic heterocycles. The van der Waals surface area contributed by atoms with Gasteiger partial charge in [-0.1, -0.05) is 0 Å². The van der Waals surface area contributed by atoms with Gasteiger partial charge in [-0.05, 0) is 51.5 Å². The summed E-state index contributed by atoms with van der Waals surface area (Å²) in [5, 5.41) is 8.21. The molecule has 4 heteroatoms. The molecule has 0 bridgehead atoms. The van der Waals surface area contributed by atoms with Gasteiger partial charge in [0.2, 0.25) is 0 Å². The fourth-order valence-electron chi connectivity index (χ4n) is 2.18. The van der Waals surface area contributed by atoms with E-state index >= 15 is 0 Å². The summed E-state index contributed by atoms with van der Waals surface area (Å²) in [6.07, 6.45) is 6.00. The molecule has 1 aliphatic carbocycles. The smallest absolute Gasteiger partial charge is 0.0628 e. The third kappa shape index (κ3) is 3.49. The first-order chi connectivity index (χ1) is 8.22. The van der Waals surface area contributed by atoms with Crippen molar-refractivity contribution in [1.29, 1.82) is 0 Å². The molecule has 0 unspecified atom stereocenters. The standard InChI is InChI=1S/C13H23N3S/c1-10-13(6-7-14-12-4-5-12)11(2)16(15-10)8-9-17-3/h12,14H,4-9H2,1-3H3. The number of thioether (sulfide) groups is 1. The van der Waals surface area contributed by atoms with Crippen LogP contribution in [0.5, 0.6) is 0 Å². The van der Waals surface area contributed by atoms with Crippen LogP contribution in [0, 0.1) is 13.8 Å². The van der Waals surface area contributed by atoms with E-state index in [0.29, 0.717) is 0 Å². The highest BCUT2D eigenvalue weighted by atomic mass is 32.2. The third-order valence-corrected chi connectivity index (χ3v) is 4.01. The van der Waals surface area contributed by atoms with Crippen LogP contribution in [-0.2, 0) is 13.0 Å². The van der Waals surface area contributed by atoms with E-state index in [1.807, 2.05) is 11.8 Å². The Bertz CT molecular complexity index is 369. The molecule has 1 heterocycles. The highest BCUT2D eigenvalue weighted by Crippen LogP contribution is 2.19. The van der Waals surface area contributed by atoms with Crippen LogP contribution in [0.25, 0.3) is 0 Å². The summed E-state index contributed by atoms with van der Waals surface area (Å²) in [5.74, 6) is 1.14. The molecule has 0 saturated heterocycles. The van der Waals surface area contributed by atoms with Crippen molar-refractivity contribution in [2.24, 2.45) is 0 Å². The Morgan fingerprint density at radius 3 is 2.82 bits per heavy atom. The van der Waals surface area contributed by atoms with E-state index in [-0.39, 0.29) is 0 Å². The summed E-state index contributed by atoms with van der Waals surface area (Å²) >= 11 is 1.88. The molecular formula is C13H23N3S. The van der Waals surface area contributed by atoms with Crippen molar-refractivity contribution >= 4 is 11.8 Å². The average Bonchev–Trinajstić information content (AvgIpc) is 3.08. The summed E-state index contributed by atoms with van der Waals surface area (Å²) in [5.41, 5.74) is 4.01. The second kappa shape index (κ2) is 5.91. The van der Waals surface area contributed by atoms with E-state index < -0.39 is 0 Å². The van der Waals surface area contributed by atoms with Gasteiger partial charge < -0.3 is 5.32 Å². The first kappa shape index (κ1) is 13.0. The Morgan fingerprint density at radius 2 is 2.18 bits per heavy atom. The number of aryl methyl sites for hydroxylation is 2. The predicted molar refractivity (Wildman–Crippen MR) is 74.8 cm³/mol. The van der Waals surface area contributed by atoms with E-state index in [0.717, 1.165) is 31.3 Å². The summed E-state index contributed by atoms with van der Waals surface area (Å²) in [7, 11) is 0. The Morgan fingerprint density at radius 1 is 1.41 bits per heavy atom. The molecule has 1 aromatic rings. The van der Waals surface area contributed by atoms with Crippen LogP contribution in [0.1, 0.15) is 29.8 Å². The molecule has 96 valence electrons. The highest BCUT2D eigenvalue weighted by Gasteiger charge is 2.20. The van der Waals surface area contributed by atoms with Crippen molar-refractivity contribution in [3.8, 4) is 0 Å². The molecule has 1 N–H and O–H groups in total. The molecule has 0 amide bonds. The van der Waals surface area contributed by atoms with E-state index in [1.165, 1.54) is 29.8 Å². The Labute approximate surface area is 108 Å². The van der Waals surface area contributed by atoms with Gasteiger partial charge in [0.15, 0.2) is 0 Å². The van der Waals surface area contributed by atoms with Crippen LogP contribution in [0.15, 0.2) is 0 Å². The minimum atomic E-state index is 0.808. The van der Waals surface area contributed by atoms with Gasteiger partial charge in [-0.3, -0.25) is 4.68 Å². The zero-order chi connectivity index (χ0) is 12.3. The maximum atomic E-state index is 4.64. The first-order valence-electron chi connectivity index (χ1n) is 6.47. The maximum Gasteiger partial charge on any atom is 0.0628 e. The second-order valence-corrected chi connectivity index (χ2v) is 5.83. The lowest BCUT2D eigenvalue weighted by atomic mass is 10.1. The summed E-state index contributed by atoms with van der Waals surface area (Å²) in [4.78, 5) is 0. The highest BCUT2D eigenvalue weighted by molar-refractivity contribution is 7.98. The largest absolute Gasteiger partial charge is 0.314 e. The molecular weight excluding hydrogens is 230 g/mol. The van der Waals surface area contributed by atoms with Crippen molar-refractivity contribution in [1.82, 2.24) is 15.1 Å². The van der Waals surface area contributed by atoms with Crippen molar-refractivity contribution in [2.45, 2.75) is 45.7 Å². The predicted octanol–water partition coefficient (Wildman–Crippen LogP) is 2.16. The van der Waals surface area contributed by atoms with Gasteiger partial charge in [-0.25, -0.2) is 0 Å². The molecule has 1 aliphatic rings. The molecule has 1 fully saturated rings. The monoisotopic (exact) mass is 253 g/mol. The van der Waals surface area contributed by atoms with Gasteiger partial charge in [-0.2, -0.15) is 16.9 Å². The fraction of sp³-hybridized carbons (Fsp3) is 0.769. The quantitative estimate of drug-likeness (QED) is 0.807. The zero-order valence-electron chi connectivity index (χ0n) is 11.1. The topological polar surface area (TPSA) is 29.9 Å². The molecule has 0 atom stereocenters. The number of nitrogens with zero attached hydrogens (tertiary/aromatic N) is 2. The molecule has 0 aliphatic heterocycles. The molecule has 17 heavy (non-hydrogen) atoms. The van der Waals surface area contributed by atoms with Crippen LogP contribution in [0.4, 0.5) is 0 Å². The number of aromatic nitrogens is 2. The second-order valence-electron chi connectivity index (χ2n) is 4.84. The van der Waals surface area contributed by atoms with Crippen molar-refractivity contribution in [3.63, 3.8) is 0 Å². The number of hydrogen-bond donors (Lipinski definition) is 1. The normalized spacial score (nSPS) is 15.5. The first-order valence-corrected chi connectivity index (χ1v) is 7.87. The lowest BCUT2D eigenvalue weighted by Crippen LogP contribution is -2.19. The molecule has 2 rings (SSSR count). The minimum absolute atomic E-state index is 0.808. The number of nitrogens with one attached hydrogen (secondary N) is 1. The molecule has 3 nitrogen and oxygen atoms in total. The van der Waals surface area contributed by atoms with Gasteiger partial charge >= 0.3 is 0 Å². The lowest BCUT2D eigenvalue weighted by molar-refractivity contribution is 0.637. The fourth-order valence-corrected chi connectivity index (χ4v) is 2.54. The van der Waals surface area contributed by atoms with Gasteiger partial charge in [-0.15, -0.1) is 0 Å². The third-order valence-electron chi connectivity index (χ3n) is 3.42. The Balaban J connectivity index is 1.91. The average molecular weight is 253 g/mol. The van der Waals surface area contributed by atoms with Crippen molar-refractivity contribution in [3.05, 3.63) is 17.0 Å². The van der Waals surface area contributed by atoms with Crippen LogP contribution < -0.4 is 5.32 Å². The van der Waals surface area contributed by atoms with Crippen LogP contribution in [0.3, 0.4) is 0 Å². The number of rotatable bonds is 7. The lowest BCUT2D eigenvalue weighted by Gasteiger charge is -2.05. The summed E-state index contributed by atoms with van der Waals surface area (Å²) < 4.78 is 2.16. The van der Waals surface area contributed by atoms with Crippen LogP contribution in [0.2, 0.25) is 0 Å². The van der Waals surface area contributed by atoms with Crippen LogP contribution >= 0.6 is 11.8 Å². The van der Waals surface area contributed by atoms with E-state index in [1.54, 1.807) is 0 Å². The van der Waals surface area contributed by atoms with Gasteiger partial charge in [0.25, 0.3) is 0 Å². The van der Waals surface area contributed by atoms with Crippen molar-refractivity contribution in [2.75, 3.05) is 18.6 Å². The van der Waals surface area contributed by atoms with E-state index in [4.69, 9.17) is 0 Å². The summed E-state index contributed by atoms with van der Waals surface area (Å²) in [6.45, 7) is 6.46. The van der Waals surface area contributed by atoms with E-state index in [2.05, 4.69) is 35.2 Å². The maximum absolute atomic E-state index is 4.64. The number of hydrogen-bond acceptors (Lipinski definition) is 3.